The number of fused-ring (bicyclic) bond motifs is 3. The van der Waals surface area contributed by atoms with Crippen LogP contribution in [0.15, 0.2) is 48.5 Å². The van der Waals surface area contributed by atoms with E-state index in [1.165, 1.54) is 6.92 Å². The lowest BCUT2D eigenvalue weighted by atomic mass is 10.1. The lowest BCUT2D eigenvalue weighted by Crippen LogP contribution is -2.38. The largest absolute Gasteiger partial charge is 0.482 e. The number of hydrogen-bond acceptors (Lipinski definition) is 6. The highest BCUT2D eigenvalue weighted by molar-refractivity contribution is 7.99. The first-order valence-corrected chi connectivity index (χ1v) is 10.0. The summed E-state index contributed by atoms with van der Waals surface area (Å²) in [5, 5.41) is -0.176. The third kappa shape index (κ3) is 3.49. The first-order chi connectivity index (χ1) is 13.5. The second-order valence-corrected chi connectivity index (χ2v) is 7.82. The Hall–Kier alpha value is -2.80. The van der Waals surface area contributed by atoms with Crippen molar-refractivity contribution in [2.24, 2.45) is 0 Å². The van der Waals surface area contributed by atoms with Gasteiger partial charge in [0, 0.05) is 16.9 Å². The molecule has 2 aromatic rings. The van der Waals surface area contributed by atoms with E-state index in [0.29, 0.717) is 17.1 Å². The van der Waals surface area contributed by atoms with Crippen LogP contribution in [0.4, 0.5) is 0 Å². The summed E-state index contributed by atoms with van der Waals surface area (Å²) in [5.74, 6) is 0.501. The van der Waals surface area contributed by atoms with Gasteiger partial charge in [-0.3, -0.25) is 9.59 Å². The van der Waals surface area contributed by atoms with E-state index in [1.54, 1.807) is 34.9 Å². The van der Waals surface area contributed by atoms with Crippen molar-refractivity contribution in [3.8, 4) is 5.75 Å². The molecule has 7 heteroatoms. The van der Waals surface area contributed by atoms with Gasteiger partial charge in [0.05, 0.1) is 0 Å². The Kier molecular flexibility index (Phi) is 5.09. The van der Waals surface area contributed by atoms with Crippen molar-refractivity contribution in [1.29, 1.82) is 0 Å². The Labute approximate surface area is 166 Å². The highest BCUT2D eigenvalue weighted by atomic mass is 32.2. The Morgan fingerprint density at radius 3 is 2.71 bits per heavy atom. The number of benzene rings is 2. The Balaban J connectivity index is 1.39. The van der Waals surface area contributed by atoms with Crippen LogP contribution in [-0.2, 0) is 20.9 Å². The summed E-state index contributed by atoms with van der Waals surface area (Å²) in [5.41, 5.74) is 2.32. The van der Waals surface area contributed by atoms with Crippen molar-refractivity contribution in [2.45, 2.75) is 24.9 Å². The van der Waals surface area contributed by atoms with Gasteiger partial charge in [0.25, 0.3) is 5.91 Å². The molecule has 4 rings (SSSR count). The first-order valence-electron chi connectivity index (χ1n) is 8.95. The molecule has 2 heterocycles. The van der Waals surface area contributed by atoms with Gasteiger partial charge >= 0.3 is 5.97 Å². The average Bonchev–Trinajstić information content (AvgIpc) is 3.26. The SMILES string of the molecule is CC(=O)[C@@H]1CSC2c3cc(OCC(=O)OCc4ccccc4)ccc3C(=O)N21. The smallest absolute Gasteiger partial charge is 0.344 e. The van der Waals surface area contributed by atoms with Crippen LogP contribution in [0.1, 0.15) is 33.8 Å². The van der Waals surface area contributed by atoms with Gasteiger partial charge in [-0.25, -0.2) is 4.79 Å². The molecule has 0 aromatic heterocycles. The van der Waals surface area contributed by atoms with Crippen LogP contribution >= 0.6 is 11.8 Å². The fourth-order valence-electron chi connectivity index (χ4n) is 3.40. The summed E-state index contributed by atoms with van der Waals surface area (Å²) >= 11 is 1.57. The predicted octanol–water partition coefficient (Wildman–Crippen LogP) is 2.97. The molecule has 2 aliphatic heterocycles. The molecule has 144 valence electrons. The maximum Gasteiger partial charge on any atom is 0.344 e. The molecule has 0 spiro atoms. The van der Waals surface area contributed by atoms with Gasteiger partial charge in [-0.2, -0.15) is 0 Å². The van der Waals surface area contributed by atoms with Crippen LogP contribution in [0.2, 0.25) is 0 Å². The number of hydrogen-bond donors (Lipinski definition) is 0. The third-order valence-electron chi connectivity index (χ3n) is 4.82. The average molecular weight is 397 g/mol. The number of amides is 1. The van der Waals surface area contributed by atoms with E-state index in [1.807, 2.05) is 30.3 Å². The summed E-state index contributed by atoms with van der Waals surface area (Å²) in [4.78, 5) is 38.0. The predicted molar refractivity (Wildman–Crippen MR) is 104 cm³/mol. The molecule has 2 aromatic carbocycles. The van der Waals surface area contributed by atoms with Crippen molar-refractivity contribution >= 4 is 29.4 Å². The Morgan fingerprint density at radius 2 is 1.96 bits per heavy atom. The summed E-state index contributed by atoms with van der Waals surface area (Å²) in [7, 11) is 0. The maximum atomic E-state index is 12.6. The number of ketones is 1. The fourth-order valence-corrected chi connectivity index (χ4v) is 4.94. The second-order valence-electron chi connectivity index (χ2n) is 6.71. The molecule has 1 fully saturated rings. The van der Waals surface area contributed by atoms with E-state index in [0.717, 1.165) is 11.1 Å². The van der Waals surface area contributed by atoms with Gasteiger partial charge in [-0.05, 0) is 30.7 Å². The third-order valence-corrected chi connectivity index (χ3v) is 6.13. The molecule has 2 aliphatic rings. The number of esters is 1. The van der Waals surface area contributed by atoms with Gasteiger partial charge < -0.3 is 14.4 Å². The van der Waals surface area contributed by atoms with Crippen LogP contribution in [0.5, 0.6) is 5.75 Å². The molecule has 1 unspecified atom stereocenters. The van der Waals surface area contributed by atoms with Gasteiger partial charge in [-0.15, -0.1) is 11.8 Å². The molecule has 1 saturated heterocycles. The van der Waals surface area contributed by atoms with Crippen molar-refractivity contribution < 1.29 is 23.9 Å². The van der Waals surface area contributed by atoms with Crippen molar-refractivity contribution in [2.75, 3.05) is 12.4 Å². The number of rotatable bonds is 6. The highest BCUT2D eigenvalue weighted by Gasteiger charge is 2.47. The zero-order valence-corrected chi connectivity index (χ0v) is 16.1. The number of Topliss-reactive ketones (excluding diaryl/α,β-unsaturated/α-hetero) is 1. The van der Waals surface area contributed by atoms with E-state index in [4.69, 9.17) is 9.47 Å². The molecule has 6 nitrogen and oxygen atoms in total. The molecule has 0 saturated carbocycles. The van der Waals surface area contributed by atoms with Crippen LogP contribution in [0, 0.1) is 0 Å². The van der Waals surface area contributed by atoms with E-state index < -0.39 is 5.97 Å². The van der Waals surface area contributed by atoms with Crippen molar-refractivity contribution in [3.63, 3.8) is 0 Å². The summed E-state index contributed by atoms with van der Waals surface area (Å²) in [6.07, 6.45) is 0. The highest BCUT2D eigenvalue weighted by Crippen LogP contribution is 2.49. The molecule has 0 aliphatic carbocycles. The van der Waals surface area contributed by atoms with Crippen LogP contribution in [-0.4, -0.2) is 41.0 Å². The lowest BCUT2D eigenvalue weighted by Gasteiger charge is -2.20. The number of thioether (sulfide) groups is 1. The number of carbonyl (C=O) groups excluding carboxylic acids is 3. The minimum atomic E-state index is -0.464. The number of carbonyl (C=O) groups is 3. The topological polar surface area (TPSA) is 72.9 Å². The van der Waals surface area contributed by atoms with Gasteiger partial charge in [0.2, 0.25) is 0 Å². The molecule has 2 atom stereocenters. The minimum Gasteiger partial charge on any atom is -0.482 e. The van der Waals surface area contributed by atoms with Gasteiger partial charge in [0.1, 0.15) is 23.8 Å². The monoisotopic (exact) mass is 397 g/mol. The van der Waals surface area contributed by atoms with Crippen molar-refractivity contribution in [1.82, 2.24) is 4.90 Å². The second kappa shape index (κ2) is 7.67. The van der Waals surface area contributed by atoms with Gasteiger partial charge in [-0.1, -0.05) is 30.3 Å². The zero-order chi connectivity index (χ0) is 19.7. The summed E-state index contributed by atoms with van der Waals surface area (Å²) in [6.45, 7) is 1.50. The molecule has 1 amide bonds. The Bertz CT molecular complexity index is 930. The number of nitrogens with zero attached hydrogens (tertiary/aromatic N) is 1. The fraction of sp³-hybridized carbons (Fsp3) is 0.286. The van der Waals surface area contributed by atoms with Crippen molar-refractivity contribution in [3.05, 3.63) is 65.2 Å². The first kappa shape index (κ1) is 18.6. The lowest BCUT2D eigenvalue weighted by molar-refractivity contribution is -0.147. The minimum absolute atomic E-state index is 0.00575. The maximum absolute atomic E-state index is 12.6. The van der Waals surface area contributed by atoms with E-state index in [2.05, 4.69) is 0 Å². The van der Waals surface area contributed by atoms with Crippen LogP contribution in [0.3, 0.4) is 0 Å². The van der Waals surface area contributed by atoms with Gasteiger partial charge in [0.15, 0.2) is 12.4 Å². The molecular weight excluding hydrogens is 378 g/mol. The molecule has 28 heavy (non-hydrogen) atoms. The molecule has 0 radical (unpaired) electrons. The normalized spacial score (nSPS) is 19.9. The van der Waals surface area contributed by atoms with E-state index >= 15 is 0 Å². The van der Waals surface area contributed by atoms with E-state index in [-0.39, 0.29) is 36.3 Å². The zero-order valence-electron chi connectivity index (χ0n) is 15.3. The molecular formula is C21H19NO5S. The summed E-state index contributed by atoms with van der Waals surface area (Å²) < 4.78 is 10.8. The quantitative estimate of drug-likeness (QED) is 0.698. The standard InChI is InChI=1S/C21H19NO5S/c1-13(23)18-12-28-21-17-9-15(7-8-16(17)20(25)22(18)21)26-11-19(24)27-10-14-5-3-2-4-6-14/h2-9,18,21H,10-12H2,1H3/t18-,21?/m0/s1. The molecule has 0 bridgehead atoms. The number of ether oxygens (including phenoxy) is 2. The van der Waals surface area contributed by atoms with Crippen LogP contribution in [0.25, 0.3) is 0 Å². The van der Waals surface area contributed by atoms with E-state index in [9.17, 15) is 14.4 Å². The summed E-state index contributed by atoms with van der Waals surface area (Å²) in [6, 6.07) is 14.2. The Morgan fingerprint density at radius 1 is 1.18 bits per heavy atom. The van der Waals surface area contributed by atoms with Crippen LogP contribution < -0.4 is 4.74 Å². The molecule has 0 N–H and O–H groups in total.